The number of carbonyl (C=O) groups is 1. The van der Waals surface area contributed by atoms with E-state index in [1.807, 2.05) is 5.43 Å². The fourth-order valence-corrected chi connectivity index (χ4v) is 4.40. The molecule has 1 atom stereocenters. The summed E-state index contributed by atoms with van der Waals surface area (Å²) < 4.78 is 79.2. The molecule has 1 fully saturated rings. The summed E-state index contributed by atoms with van der Waals surface area (Å²) in [4.78, 5) is 13.0. The van der Waals surface area contributed by atoms with Crippen LogP contribution in [0.25, 0.3) is 0 Å². The molecule has 1 aliphatic heterocycles. The predicted octanol–water partition coefficient (Wildman–Crippen LogP) is 6.21. The van der Waals surface area contributed by atoms with Gasteiger partial charge in [-0.2, -0.15) is 31.4 Å². The standard InChI is InChI=1S/C22H20Cl2F6N4O/c1-13-6-18(3-2-14(13)10-32-33-19(35)31-11-21(25,26)27)34-5-4-20(12-34,22(28,29)30)15-7-16(23)9-17(24)8-15/h2-3,6-10H,4-5,11-12H2,1H3,(H2,31,33,35)/b32-10+. The van der Waals surface area contributed by atoms with Gasteiger partial charge >= 0.3 is 18.4 Å². The molecule has 2 N–H and O–H groups in total. The molecular weight excluding hydrogens is 521 g/mol. The van der Waals surface area contributed by atoms with E-state index in [1.54, 1.807) is 35.3 Å². The smallest absolute Gasteiger partial charge is 0.370 e. The maximum absolute atomic E-state index is 14.3. The number of benzene rings is 2. The predicted molar refractivity (Wildman–Crippen MR) is 122 cm³/mol. The van der Waals surface area contributed by atoms with Crippen LogP contribution in [0, 0.1) is 6.92 Å². The number of halogens is 8. The van der Waals surface area contributed by atoms with Crippen molar-refractivity contribution < 1.29 is 31.1 Å². The van der Waals surface area contributed by atoms with Crippen LogP contribution in [-0.4, -0.2) is 44.2 Å². The highest BCUT2D eigenvalue weighted by Gasteiger charge is 2.59. The number of aryl methyl sites for hydroxylation is 1. The van der Waals surface area contributed by atoms with Gasteiger partial charge in [0.2, 0.25) is 0 Å². The Balaban J connectivity index is 1.74. The molecule has 0 radical (unpaired) electrons. The van der Waals surface area contributed by atoms with Gasteiger partial charge in [0.05, 0.1) is 6.21 Å². The fraction of sp³-hybridized carbons (Fsp3) is 0.364. The summed E-state index contributed by atoms with van der Waals surface area (Å²) in [5.74, 6) is 0. The Morgan fingerprint density at radius 1 is 1.11 bits per heavy atom. The summed E-state index contributed by atoms with van der Waals surface area (Å²) in [6.07, 6.45) is -8.06. The van der Waals surface area contributed by atoms with E-state index in [4.69, 9.17) is 23.2 Å². The van der Waals surface area contributed by atoms with E-state index in [-0.39, 0.29) is 35.1 Å². The number of hydrogen-bond acceptors (Lipinski definition) is 3. The molecule has 1 saturated heterocycles. The molecule has 2 aromatic carbocycles. The number of carbonyl (C=O) groups excluding carboxylic acids is 1. The van der Waals surface area contributed by atoms with Crippen LogP contribution in [0.4, 0.5) is 36.8 Å². The zero-order valence-corrected chi connectivity index (χ0v) is 19.7. The Kier molecular flexibility index (Phi) is 7.80. The molecule has 13 heteroatoms. The number of hydrazone groups is 1. The molecule has 0 bridgehead atoms. The van der Waals surface area contributed by atoms with Crippen LogP contribution in [-0.2, 0) is 5.41 Å². The van der Waals surface area contributed by atoms with E-state index >= 15 is 0 Å². The number of nitrogens with one attached hydrogen (secondary N) is 2. The first-order valence-electron chi connectivity index (χ1n) is 10.2. The number of amides is 2. The van der Waals surface area contributed by atoms with Crippen molar-refractivity contribution in [3.8, 4) is 0 Å². The molecule has 1 heterocycles. The van der Waals surface area contributed by atoms with Crippen LogP contribution >= 0.6 is 23.2 Å². The van der Waals surface area contributed by atoms with E-state index in [2.05, 4.69) is 5.10 Å². The Labute approximate surface area is 207 Å². The lowest BCUT2D eigenvalue weighted by Gasteiger charge is -2.33. The van der Waals surface area contributed by atoms with Gasteiger partial charge in [0.25, 0.3) is 0 Å². The van der Waals surface area contributed by atoms with Crippen molar-refractivity contribution in [2.24, 2.45) is 5.10 Å². The van der Waals surface area contributed by atoms with Gasteiger partial charge in [-0.1, -0.05) is 29.3 Å². The van der Waals surface area contributed by atoms with Gasteiger partial charge in [-0.15, -0.1) is 0 Å². The normalized spacial score (nSPS) is 18.8. The molecule has 3 rings (SSSR count). The lowest BCUT2D eigenvalue weighted by atomic mass is 9.79. The van der Waals surface area contributed by atoms with Crippen LogP contribution in [0.5, 0.6) is 0 Å². The fourth-order valence-electron chi connectivity index (χ4n) is 3.87. The number of urea groups is 1. The first-order chi connectivity index (χ1) is 16.2. The van der Waals surface area contributed by atoms with Gasteiger partial charge in [0.1, 0.15) is 12.0 Å². The molecule has 0 saturated carbocycles. The SMILES string of the molecule is Cc1cc(N2CCC(c3cc(Cl)cc(Cl)c3)(C(F)(F)F)C2)ccc1/C=N/NC(=O)NCC(F)(F)F. The highest BCUT2D eigenvalue weighted by Crippen LogP contribution is 2.49. The molecule has 0 aliphatic carbocycles. The highest BCUT2D eigenvalue weighted by molar-refractivity contribution is 6.34. The van der Waals surface area contributed by atoms with Crippen molar-refractivity contribution in [1.29, 1.82) is 0 Å². The molecule has 1 aliphatic rings. The van der Waals surface area contributed by atoms with E-state index in [0.29, 0.717) is 16.8 Å². The lowest BCUT2D eigenvalue weighted by molar-refractivity contribution is -0.184. The Morgan fingerprint density at radius 3 is 2.34 bits per heavy atom. The van der Waals surface area contributed by atoms with Crippen LogP contribution in [0.15, 0.2) is 41.5 Å². The zero-order valence-electron chi connectivity index (χ0n) is 18.2. The third-order valence-corrected chi connectivity index (χ3v) is 6.10. The molecule has 190 valence electrons. The molecule has 0 aromatic heterocycles. The van der Waals surface area contributed by atoms with E-state index in [0.717, 1.165) is 0 Å². The maximum Gasteiger partial charge on any atom is 0.405 e. The summed E-state index contributed by atoms with van der Waals surface area (Å²) in [6, 6.07) is 7.68. The summed E-state index contributed by atoms with van der Waals surface area (Å²) in [6.45, 7) is -0.00441. The molecule has 0 spiro atoms. The first kappa shape index (κ1) is 26.9. The second-order valence-corrected chi connectivity index (χ2v) is 8.99. The first-order valence-corrected chi connectivity index (χ1v) is 11.0. The van der Waals surface area contributed by atoms with Gasteiger partial charge < -0.3 is 10.2 Å². The monoisotopic (exact) mass is 540 g/mol. The minimum absolute atomic E-state index is 0.000324. The third-order valence-electron chi connectivity index (χ3n) is 5.66. The zero-order chi connectivity index (χ0) is 26.0. The number of anilines is 1. The van der Waals surface area contributed by atoms with Crippen LogP contribution < -0.4 is 15.6 Å². The summed E-state index contributed by atoms with van der Waals surface area (Å²) in [5.41, 5.74) is 1.48. The minimum atomic E-state index is -4.55. The number of alkyl halides is 6. The van der Waals surface area contributed by atoms with Crippen LogP contribution in [0.1, 0.15) is 23.1 Å². The van der Waals surface area contributed by atoms with Gasteiger partial charge in [0, 0.05) is 28.8 Å². The van der Waals surface area contributed by atoms with Crippen molar-refractivity contribution in [1.82, 2.24) is 10.7 Å². The van der Waals surface area contributed by atoms with E-state index in [9.17, 15) is 31.1 Å². The third kappa shape index (κ3) is 6.52. The second-order valence-electron chi connectivity index (χ2n) is 8.12. The quantitative estimate of drug-likeness (QED) is 0.269. The average Bonchev–Trinajstić information content (AvgIpc) is 3.19. The summed E-state index contributed by atoms with van der Waals surface area (Å²) >= 11 is 11.9. The molecular formula is C22H20Cl2F6N4O. The summed E-state index contributed by atoms with van der Waals surface area (Å²) in [7, 11) is 0. The Morgan fingerprint density at radius 2 is 1.77 bits per heavy atom. The molecule has 1 unspecified atom stereocenters. The van der Waals surface area contributed by atoms with Crippen molar-refractivity contribution in [2.45, 2.75) is 31.1 Å². The van der Waals surface area contributed by atoms with Gasteiger partial charge in [-0.3, -0.25) is 0 Å². The number of rotatable bonds is 5. The van der Waals surface area contributed by atoms with Crippen LogP contribution in [0.2, 0.25) is 10.0 Å². The van der Waals surface area contributed by atoms with Gasteiger partial charge in [-0.25, -0.2) is 10.2 Å². The van der Waals surface area contributed by atoms with Gasteiger partial charge in [0.15, 0.2) is 0 Å². The highest BCUT2D eigenvalue weighted by atomic mass is 35.5. The average molecular weight is 541 g/mol. The second kappa shape index (κ2) is 10.1. The maximum atomic E-state index is 14.3. The largest absolute Gasteiger partial charge is 0.405 e. The van der Waals surface area contributed by atoms with E-state index < -0.39 is 30.3 Å². The van der Waals surface area contributed by atoms with Crippen molar-refractivity contribution in [3.05, 3.63) is 63.1 Å². The van der Waals surface area contributed by atoms with Crippen LogP contribution in [0.3, 0.4) is 0 Å². The van der Waals surface area contributed by atoms with Gasteiger partial charge in [-0.05, 0) is 60.4 Å². The van der Waals surface area contributed by atoms with Crippen molar-refractivity contribution in [2.75, 3.05) is 24.5 Å². The number of nitrogens with zero attached hydrogens (tertiary/aromatic N) is 2. The topological polar surface area (TPSA) is 56.7 Å². The minimum Gasteiger partial charge on any atom is -0.370 e. The Bertz CT molecular complexity index is 1100. The number of hydrogen-bond donors (Lipinski definition) is 2. The molecule has 2 aromatic rings. The Hall–Kier alpha value is -2.66. The van der Waals surface area contributed by atoms with E-state index in [1.165, 1.54) is 24.4 Å². The molecule has 35 heavy (non-hydrogen) atoms. The van der Waals surface area contributed by atoms with Crippen molar-refractivity contribution in [3.63, 3.8) is 0 Å². The molecule has 5 nitrogen and oxygen atoms in total. The lowest BCUT2D eigenvalue weighted by Crippen LogP contribution is -2.44. The molecule has 2 amide bonds. The summed E-state index contributed by atoms with van der Waals surface area (Å²) in [5, 5.41) is 5.45. The van der Waals surface area contributed by atoms with Crippen molar-refractivity contribution >= 4 is 41.1 Å².